The first-order valence-corrected chi connectivity index (χ1v) is 13.9. The van der Waals surface area contributed by atoms with Gasteiger partial charge in [-0.25, -0.2) is 21.6 Å². The number of halogens is 3. The molecule has 5 rings (SSSR count). The molecule has 1 fully saturated rings. The molecule has 0 saturated carbocycles. The maximum atomic E-state index is 16.0. The number of nitrogens with zero attached hydrogens (tertiary/aromatic N) is 4. The van der Waals surface area contributed by atoms with Gasteiger partial charge >= 0.3 is 0 Å². The van der Waals surface area contributed by atoms with Gasteiger partial charge in [0.1, 0.15) is 28.0 Å². The standard InChI is InChI=1S/C28H27F3N4O2S/c1-18-14-19(8-11-32-18)24-16-35(22-9-12-34(2)13-10-22)33-28(24)23-5-3-4-20(27(23)31)17-38(36,37)26-15-21(29)6-7-25(26)30/h3-8,11,14-16,22H,9-10,12-13,17H2,1-2H3. The Morgan fingerprint density at radius 3 is 2.50 bits per heavy atom. The molecule has 0 amide bonds. The molecule has 0 atom stereocenters. The van der Waals surface area contributed by atoms with Gasteiger partial charge in [0.25, 0.3) is 0 Å². The highest BCUT2D eigenvalue weighted by atomic mass is 32.2. The molecule has 3 heterocycles. The van der Waals surface area contributed by atoms with Crippen LogP contribution < -0.4 is 0 Å². The van der Waals surface area contributed by atoms with Gasteiger partial charge in [-0.1, -0.05) is 12.1 Å². The number of hydrogen-bond donors (Lipinski definition) is 0. The predicted molar refractivity (Wildman–Crippen MR) is 139 cm³/mol. The van der Waals surface area contributed by atoms with E-state index in [2.05, 4.69) is 16.9 Å². The molecule has 198 valence electrons. The van der Waals surface area contributed by atoms with Crippen molar-refractivity contribution in [2.45, 2.75) is 36.5 Å². The van der Waals surface area contributed by atoms with Gasteiger partial charge in [0.15, 0.2) is 9.84 Å². The summed E-state index contributed by atoms with van der Waals surface area (Å²) in [5.41, 5.74) is 2.65. The van der Waals surface area contributed by atoms with Gasteiger partial charge in [-0.3, -0.25) is 9.67 Å². The molecule has 0 aliphatic carbocycles. The molecule has 10 heteroatoms. The Balaban J connectivity index is 1.58. The summed E-state index contributed by atoms with van der Waals surface area (Å²) in [6, 6.07) is 10.5. The van der Waals surface area contributed by atoms with E-state index in [9.17, 15) is 17.2 Å². The van der Waals surface area contributed by atoms with Crippen molar-refractivity contribution in [1.82, 2.24) is 19.7 Å². The zero-order valence-electron chi connectivity index (χ0n) is 21.0. The zero-order chi connectivity index (χ0) is 27.0. The lowest BCUT2D eigenvalue weighted by molar-refractivity contribution is 0.212. The van der Waals surface area contributed by atoms with E-state index < -0.39 is 37.9 Å². The van der Waals surface area contributed by atoms with Crippen molar-refractivity contribution in [3.05, 3.63) is 89.6 Å². The van der Waals surface area contributed by atoms with E-state index in [0.29, 0.717) is 17.3 Å². The minimum Gasteiger partial charge on any atom is -0.306 e. The van der Waals surface area contributed by atoms with E-state index >= 15 is 4.39 Å². The molecule has 38 heavy (non-hydrogen) atoms. The third-order valence-electron chi connectivity index (χ3n) is 6.91. The first-order chi connectivity index (χ1) is 18.1. The lowest BCUT2D eigenvalue weighted by Gasteiger charge is -2.29. The molecule has 0 N–H and O–H groups in total. The van der Waals surface area contributed by atoms with E-state index in [1.807, 2.05) is 29.9 Å². The van der Waals surface area contributed by atoms with E-state index in [1.165, 1.54) is 6.07 Å². The van der Waals surface area contributed by atoms with Crippen molar-refractivity contribution in [2.24, 2.45) is 0 Å². The summed E-state index contributed by atoms with van der Waals surface area (Å²) < 4.78 is 71.6. The van der Waals surface area contributed by atoms with E-state index in [0.717, 1.165) is 49.3 Å². The first kappa shape index (κ1) is 26.1. The Bertz CT molecular complexity index is 1600. The summed E-state index contributed by atoms with van der Waals surface area (Å²) in [5, 5.41) is 4.80. The molecular formula is C28H27F3N4O2S. The van der Waals surface area contributed by atoms with Crippen LogP contribution >= 0.6 is 0 Å². The van der Waals surface area contributed by atoms with Crippen LogP contribution in [-0.4, -0.2) is 48.2 Å². The Morgan fingerprint density at radius 1 is 1.00 bits per heavy atom. The van der Waals surface area contributed by atoms with Gasteiger partial charge < -0.3 is 4.90 Å². The van der Waals surface area contributed by atoms with Crippen LogP contribution in [0.15, 0.2) is 65.8 Å². The summed E-state index contributed by atoms with van der Waals surface area (Å²) >= 11 is 0. The number of likely N-dealkylation sites (tertiary alicyclic amines) is 1. The Morgan fingerprint density at radius 2 is 1.76 bits per heavy atom. The minimum atomic E-state index is -4.37. The van der Waals surface area contributed by atoms with Crippen molar-refractivity contribution in [3.8, 4) is 22.4 Å². The highest BCUT2D eigenvalue weighted by molar-refractivity contribution is 7.90. The van der Waals surface area contributed by atoms with Gasteiger partial charge in [0, 0.05) is 34.8 Å². The topological polar surface area (TPSA) is 68.1 Å². The van der Waals surface area contributed by atoms with Crippen LogP contribution in [0.5, 0.6) is 0 Å². The monoisotopic (exact) mass is 540 g/mol. The van der Waals surface area contributed by atoms with E-state index in [4.69, 9.17) is 5.10 Å². The van der Waals surface area contributed by atoms with Crippen LogP contribution in [0.3, 0.4) is 0 Å². The van der Waals surface area contributed by atoms with Crippen molar-refractivity contribution in [2.75, 3.05) is 20.1 Å². The predicted octanol–water partition coefficient (Wildman–Crippen LogP) is 5.58. The zero-order valence-corrected chi connectivity index (χ0v) is 21.9. The Hall–Kier alpha value is -3.50. The molecule has 0 radical (unpaired) electrons. The van der Waals surface area contributed by atoms with Gasteiger partial charge in [-0.15, -0.1) is 0 Å². The molecule has 1 aliphatic heterocycles. The smallest absolute Gasteiger partial charge is 0.185 e. The molecule has 6 nitrogen and oxygen atoms in total. The summed E-state index contributed by atoms with van der Waals surface area (Å²) in [7, 11) is -2.30. The third kappa shape index (κ3) is 5.23. The molecule has 0 unspecified atom stereocenters. The molecule has 2 aromatic heterocycles. The lowest BCUT2D eigenvalue weighted by atomic mass is 10.00. The van der Waals surface area contributed by atoms with Gasteiger partial charge in [0.05, 0.1) is 11.8 Å². The highest BCUT2D eigenvalue weighted by Crippen LogP contribution is 2.36. The third-order valence-corrected chi connectivity index (χ3v) is 8.58. The fraction of sp³-hybridized carbons (Fsp3) is 0.286. The van der Waals surface area contributed by atoms with Crippen LogP contribution in [0.2, 0.25) is 0 Å². The second-order valence-electron chi connectivity index (χ2n) is 9.70. The van der Waals surface area contributed by atoms with E-state index in [1.54, 1.807) is 18.3 Å². The van der Waals surface area contributed by atoms with Crippen molar-refractivity contribution < 1.29 is 21.6 Å². The number of benzene rings is 2. The van der Waals surface area contributed by atoms with Crippen LogP contribution in [-0.2, 0) is 15.6 Å². The van der Waals surface area contributed by atoms with E-state index in [-0.39, 0.29) is 17.2 Å². The fourth-order valence-corrected chi connectivity index (χ4v) is 6.28. The highest BCUT2D eigenvalue weighted by Gasteiger charge is 2.26. The molecule has 0 bridgehead atoms. The maximum absolute atomic E-state index is 16.0. The number of aryl methyl sites for hydroxylation is 1. The Labute approximate surface area is 219 Å². The number of sulfone groups is 1. The summed E-state index contributed by atoms with van der Waals surface area (Å²) in [5.74, 6) is -3.58. The van der Waals surface area contributed by atoms with Crippen molar-refractivity contribution >= 4 is 9.84 Å². The molecule has 1 aliphatic rings. The second-order valence-corrected chi connectivity index (χ2v) is 11.7. The first-order valence-electron chi connectivity index (χ1n) is 12.3. The summed E-state index contributed by atoms with van der Waals surface area (Å²) in [6.45, 7) is 3.70. The molecule has 1 saturated heterocycles. The van der Waals surface area contributed by atoms with Gasteiger partial charge in [0.2, 0.25) is 0 Å². The summed E-state index contributed by atoms with van der Waals surface area (Å²) in [6.07, 6.45) is 5.37. The molecule has 2 aromatic carbocycles. The van der Waals surface area contributed by atoms with Crippen LogP contribution in [0.4, 0.5) is 13.2 Å². The largest absolute Gasteiger partial charge is 0.306 e. The molecular weight excluding hydrogens is 513 g/mol. The van der Waals surface area contributed by atoms with Gasteiger partial charge in [-0.2, -0.15) is 5.10 Å². The number of rotatable bonds is 6. The number of piperidine rings is 1. The minimum absolute atomic E-state index is 0.133. The quantitative estimate of drug-likeness (QED) is 0.320. The number of aromatic nitrogens is 3. The Kier molecular flexibility index (Phi) is 7.11. The van der Waals surface area contributed by atoms with Crippen molar-refractivity contribution in [1.29, 1.82) is 0 Å². The van der Waals surface area contributed by atoms with Crippen molar-refractivity contribution in [3.63, 3.8) is 0 Å². The van der Waals surface area contributed by atoms with Gasteiger partial charge in [-0.05, 0) is 81.9 Å². The van der Waals surface area contributed by atoms with Crippen LogP contribution in [0, 0.1) is 24.4 Å². The SMILES string of the molecule is Cc1cc(-c2cn(C3CCN(C)CC3)nc2-c2cccc(CS(=O)(=O)c3cc(F)ccc3F)c2F)ccn1. The number of pyridine rings is 1. The van der Waals surface area contributed by atoms with Crippen LogP contribution in [0.1, 0.15) is 30.1 Å². The maximum Gasteiger partial charge on any atom is 0.185 e. The molecule has 0 spiro atoms. The molecule has 4 aromatic rings. The average molecular weight is 541 g/mol. The lowest BCUT2D eigenvalue weighted by Crippen LogP contribution is -2.31. The fourth-order valence-electron chi connectivity index (χ4n) is 4.83. The average Bonchev–Trinajstić information content (AvgIpc) is 3.32. The second kappa shape index (κ2) is 10.3. The number of hydrogen-bond acceptors (Lipinski definition) is 5. The van der Waals surface area contributed by atoms with Crippen LogP contribution in [0.25, 0.3) is 22.4 Å². The normalized spacial score (nSPS) is 15.2. The summed E-state index contributed by atoms with van der Waals surface area (Å²) in [4.78, 5) is 5.70.